The number of rotatable bonds is 2. The fourth-order valence-electron chi connectivity index (χ4n) is 3.70. The summed E-state index contributed by atoms with van der Waals surface area (Å²) < 4.78 is 5.07. The quantitative estimate of drug-likeness (QED) is 0.333. The van der Waals surface area contributed by atoms with Crippen molar-refractivity contribution < 1.29 is 23.9 Å². The lowest BCUT2D eigenvalue weighted by Crippen LogP contribution is -2.40. The molecule has 0 radical (unpaired) electrons. The van der Waals surface area contributed by atoms with Gasteiger partial charge in [-0.15, -0.1) is 0 Å². The number of esters is 1. The van der Waals surface area contributed by atoms with Crippen molar-refractivity contribution in [2.24, 2.45) is 17.3 Å². The molecule has 0 aliphatic heterocycles. The van der Waals surface area contributed by atoms with Gasteiger partial charge in [-0.1, -0.05) is 39.0 Å². The largest absolute Gasteiger partial charge is 0.465 e. The first-order chi connectivity index (χ1) is 11.6. The molecule has 0 spiro atoms. The highest BCUT2D eigenvalue weighted by Gasteiger charge is 2.47. The van der Waals surface area contributed by atoms with Crippen LogP contribution in [0.15, 0.2) is 46.6 Å². The van der Waals surface area contributed by atoms with Gasteiger partial charge < -0.3 is 4.74 Å². The molecule has 0 fully saturated rings. The van der Waals surface area contributed by atoms with Crippen LogP contribution in [0.3, 0.4) is 0 Å². The number of hydrogen-bond acceptors (Lipinski definition) is 5. The number of allylic oxidation sites excluding steroid dienone is 6. The summed E-state index contributed by atoms with van der Waals surface area (Å²) in [5.41, 5.74) is 0.244. The van der Waals surface area contributed by atoms with Crippen LogP contribution >= 0.6 is 0 Å². The van der Waals surface area contributed by atoms with Crippen LogP contribution in [0.2, 0.25) is 0 Å². The summed E-state index contributed by atoms with van der Waals surface area (Å²) in [5, 5.41) is 0. The topological polar surface area (TPSA) is 77.5 Å². The number of carbonyl (C=O) groups excluding carboxylic acids is 4. The van der Waals surface area contributed by atoms with Crippen molar-refractivity contribution in [1.82, 2.24) is 0 Å². The Bertz CT molecular complexity index is 832. The molecule has 25 heavy (non-hydrogen) atoms. The number of carbonyl (C=O) groups is 4. The molecule has 2 unspecified atom stereocenters. The van der Waals surface area contributed by atoms with Crippen molar-refractivity contribution >= 4 is 23.3 Å². The molecule has 2 atom stereocenters. The van der Waals surface area contributed by atoms with Gasteiger partial charge >= 0.3 is 5.97 Å². The van der Waals surface area contributed by atoms with Crippen LogP contribution in [0, 0.1) is 17.3 Å². The first kappa shape index (κ1) is 17.3. The molecule has 0 bridgehead atoms. The average Bonchev–Trinajstić information content (AvgIpc) is 2.53. The molecule has 130 valence electrons. The van der Waals surface area contributed by atoms with Gasteiger partial charge in [-0.25, -0.2) is 0 Å². The van der Waals surface area contributed by atoms with Crippen molar-refractivity contribution in [2.75, 3.05) is 6.61 Å². The van der Waals surface area contributed by atoms with Gasteiger partial charge in [-0.3, -0.25) is 19.2 Å². The highest BCUT2D eigenvalue weighted by Crippen LogP contribution is 2.45. The maximum Gasteiger partial charge on any atom is 0.302 e. The van der Waals surface area contributed by atoms with Gasteiger partial charge in [0.05, 0.1) is 5.57 Å². The zero-order chi connectivity index (χ0) is 18.5. The molecule has 0 saturated carbocycles. The third-order valence-electron chi connectivity index (χ3n) is 4.95. The number of ketones is 3. The molecule has 5 heteroatoms. The first-order valence-corrected chi connectivity index (χ1v) is 8.28. The van der Waals surface area contributed by atoms with Gasteiger partial charge in [0.1, 0.15) is 6.61 Å². The third kappa shape index (κ3) is 2.64. The number of ether oxygens (including phenoxy) is 1. The second-order valence-corrected chi connectivity index (χ2v) is 7.24. The van der Waals surface area contributed by atoms with E-state index in [9.17, 15) is 19.2 Å². The molecule has 5 nitrogen and oxygen atoms in total. The van der Waals surface area contributed by atoms with E-state index in [4.69, 9.17) is 4.74 Å². The van der Waals surface area contributed by atoms with Crippen molar-refractivity contribution in [3.63, 3.8) is 0 Å². The Balaban J connectivity index is 2.13. The summed E-state index contributed by atoms with van der Waals surface area (Å²) in [7, 11) is 0. The molecule has 0 N–H and O–H groups in total. The molecular weight excluding hydrogens is 320 g/mol. The predicted molar refractivity (Wildman–Crippen MR) is 90.4 cm³/mol. The minimum absolute atomic E-state index is 0.00321. The van der Waals surface area contributed by atoms with Gasteiger partial charge in [0.2, 0.25) is 0 Å². The van der Waals surface area contributed by atoms with Gasteiger partial charge in [0.15, 0.2) is 17.3 Å². The Kier molecular flexibility index (Phi) is 3.98. The second kappa shape index (κ2) is 5.76. The monoisotopic (exact) mass is 340 g/mol. The van der Waals surface area contributed by atoms with Crippen LogP contribution in [0.4, 0.5) is 0 Å². The van der Waals surface area contributed by atoms with Crippen molar-refractivity contribution in [2.45, 2.75) is 27.7 Å². The van der Waals surface area contributed by atoms with E-state index in [1.807, 2.05) is 26.8 Å². The van der Waals surface area contributed by atoms with E-state index in [1.54, 1.807) is 12.2 Å². The summed E-state index contributed by atoms with van der Waals surface area (Å²) in [6.45, 7) is 6.74. The third-order valence-corrected chi connectivity index (χ3v) is 4.95. The van der Waals surface area contributed by atoms with Crippen LogP contribution in [-0.2, 0) is 23.9 Å². The highest BCUT2D eigenvalue weighted by atomic mass is 16.5. The molecule has 0 aromatic carbocycles. The van der Waals surface area contributed by atoms with E-state index in [2.05, 4.69) is 0 Å². The Labute approximate surface area is 146 Å². The predicted octanol–water partition coefficient (Wildman–Crippen LogP) is 2.28. The summed E-state index contributed by atoms with van der Waals surface area (Å²) >= 11 is 0. The van der Waals surface area contributed by atoms with Crippen LogP contribution < -0.4 is 0 Å². The average molecular weight is 340 g/mol. The normalized spacial score (nSPS) is 27.4. The Morgan fingerprint density at radius 2 is 1.80 bits per heavy atom. The number of hydrogen-bond donors (Lipinski definition) is 0. The van der Waals surface area contributed by atoms with E-state index in [0.717, 1.165) is 0 Å². The van der Waals surface area contributed by atoms with Crippen LogP contribution in [0.1, 0.15) is 27.7 Å². The molecular formula is C20H20O5. The van der Waals surface area contributed by atoms with Crippen LogP contribution in [-0.4, -0.2) is 29.9 Å². The minimum atomic E-state index is -0.703. The molecule has 3 aliphatic carbocycles. The van der Waals surface area contributed by atoms with Crippen molar-refractivity contribution in [1.29, 1.82) is 0 Å². The SMILES string of the molecule is CC(=O)OCC1C=CC(C)C2=C1C(=O)C1=C(C(=O)C=CC1(C)C)C2=O. The molecule has 3 rings (SSSR count). The van der Waals surface area contributed by atoms with Gasteiger partial charge in [-0.2, -0.15) is 0 Å². The summed E-state index contributed by atoms with van der Waals surface area (Å²) in [5.74, 6) is -2.28. The van der Waals surface area contributed by atoms with E-state index in [1.165, 1.54) is 13.0 Å². The lowest BCUT2D eigenvalue weighted by molar-refractivity contribution is -0.141. The Morgan fingerprint density at radius 1 is 1.12 bits per heavy atom. The van der Waals surface area contributed by atoms with Crippen molar-refractivity contribution in [3.8, 4) is 0 Å². The van der Waals surface area contributed by atoms with Crippen LogP contribution in [0.25, 0.3) is 0 Å². The summed E-state index contributed by atoms with van der Waals surface area (Å²) in [6.07, 6.45) is 6.65. The second-order valence-electron chi connectivity index (χ2n) is 7.24. The minimum Gasteiger partial charge on any atom is -0.465 e. The molecule has 0 aromatic heterocycles. The Hall–Kier alpha value is -2.56. The lowest BCUT2D eigenvalue weighted by Gasteiger charge is -2.37. The zero-order valence-electron chi connectivity index (χ0n) is 14.7. The fourth-order valence-corrected chi connectivity index (χ4v) is 3.70. The van der Waals surface area contributed by atoms with Gasteiger partial charge in [0, 0.05) is 40.9 Å². The van der Waals surface area contributed by atoms with E-state index in [-0.39, 0.29) is 35.2 Å². The van der Waals surface area contributed by atoms with E-state index >= 15 is 0 Å². The molecule has 0 saturated heterocycles. The highest BCUT2D eigenvalue weighted by molar-refractivity contribution is 6.38. The fraction of sp³-hybridized carbons (Fsp3) is 0.400. The molecule has 0 aromatic rings. The summed E-state index contributed by atoms with van der Waals surface area (Å²) in [4.78, 5) is 49.8. The molecule has 0 heterocycles. The van der Waals surface area contributed by atoms with E-state index in [0.29, 0.717) is 11.1 Å². The summed E-state index contributed by atoms with van der Waals surface area (Å²) in [6, 6.07) is 0. The smallest absolute Gasteiger partial charge is 0.302 e. The van der Waals surface area contributed by atoms with Gasteiger partial charge in [0.25, 0.3) is 0 Å². The maximum atomic E-state index is 13.3. The zero-order valence-corrected chi connectivity index (χ0v) is 14.7. The van der Waals surface area contributed by atoms with Crippen LogP contribution in [0.5, 0.6) is 0 Å². The maximum absolute atomic E-state index is 13.3. The van der Waals surface area contributed by atoms with Crippen molar-refractivity contribution in [3.05, 3.63) is 46.6 Å². The Morgan fingerprint density at radius 3 is 2.44 bits per heavy atom. The standard InChI is InChI=1S/C20H20O5/c1-10-5-6-12(9-25-11(2)21)15-14(10)18(23)16-13(22)7-8-20(3,4)17(16)19(15)24/h5-8,10,12H,9H2,1-4H3. The molecule has 3 aliphatic rings. The first-order valence-electron chi connectivity index (χ1n) is 8.28. The number of Topliss-reactive ketones (excluding diaryl/α,β-unsaturated/α-hetero) is 2. The van der Waals surface area contributed by atoms with E-state index < -0.39 is 23.1 Å². The lowest BCUT2D eigenvalue weighted by atomic mass is 9.64. The molecule has 0 amide bonds. The van der Waals surface area contributed by atoms with Gasteiger partial charge in [-0.05, 0) is 6.08 Å².